The van der Waals surface area contributed by atoms with Crippen LogP contribution in [0, 0.1) is 0 Å². The highest BCUT2D eigenvalue weighted by atomic mass is 32.1. The Bertz CT molecular complexity index is 609. The summed E-state index contributed by atoms with van der Waals surface area (Å²) in [5, 5.41) is 14.3. The molecule has 2 N–H and O–H groups in total. The number of ether oxygens (including phenoxy) is 2. The molecule has 1 aliphatic heterocycles. The maximum absolute atomic E-state index is 11.9. The van der Waals surface area contributed by atoms with Gasteiger partial charge in [-0.1, -0.05) is 6.07 Å². The summed E-state index contributed by atoms with van der Waals surface area (Å²) >= 11 is 1.34. The Hall–Kier alpha value is -2.21. The van der Waals surface area contributed by atoms with Crippen molar-refractivity contribution in [1.82, 2.24) is 0 Å². The zero-order valence-corrected chi connectivity index (χ0v) is 10.7. The van der Waals surface area contributed by atoms with Gasteiger partial charge in [-0.3, -0.25) is 4.79 Å². The number of phenolic OH excluding ortho intramolecular Hbond substituents is 1. The summed E-state index contributed by atoms with van der Waals surface area (Å²) in [6, 6.07) is 6.52. The van der Waals surface area contributed by atoms with Crippen LogP contribution in [0.4, 0.5) is 5.69 Å². The topological polar surface area (TPSA) is 67.8 Å². The predicted molar refractivity (Wildman–Crippen MR) is 71.4 cm³/mol. The third-order valence-corrected chi connectivity index (χ3v) is 3.52. The molecule has 0 bridgehead atoms. The summed E-state index contributed by atoms with van der Waals surface area (Å²) in [4.78, 5) is 12.5. The summed E-state index contributed by atoms with van der Waals surface area (Å²) in [6.45, 7) is 0.906. The molecule has 5 nitrogen and oxygen atoms in total. The summed E-state index contributed by atoms with van der Waals surface area (Å²) in [7, 11) is 0. The molecule has 0 spiro atoms. The second kappa shape index (κ2) is 4.81. The number of carbonyl (C=O) groups is 1. The van der Waals surface area contributed by atoms with E-state index in [2.05, 4.69) is 5.32 Å². The van der Waals surface area contributed by atoms with Crippen LogP contribution in [0.5, 0.6) is 17.2 Å². The second-order valence-electron chi connectivity index (χ2n) is 3.94. The van der Waals surface area contributed by atoms with Gasteiger partial charge >= 0.3 is 0 Å². The third-order valence-electron chi connectivity index (χ3n) is 2.65. The highest BCUT2D eigenvalue weighted by molar-refractivity contribution is 7.12. The van der Waals surface area contributed by atoms with Crippen molar-refractivity contribution >= 4 is 22.9 Å². The van der Waals surface area contributed by atoms with Crippen molar-refractivity contribution in [3.8, 4) is 17.2 Å². The molecule has 3 rings (SSSR count). The number of hydrogen-bond donors (Lipinski definition) is 2. The zero-order chi connectivity index (χ0) is 13.2. The van der Waals surface area contributed by atoms with Crippen LogP contribution in [0.2, 0.25) is 0 Å². The second-order valence-corrected chi connectivity index (χ2v) is 4.89. The van der Waals surface area contributed by atoms with Crippen molar-refractivity contribution in [2.24, 2.45) is 0 Å². The van der Waals surface area contributed by atoms with Gasteiger partial charge in [0.1, 0.15) is 19.0 Å². The highest BCUT2D eigenvalue weighted by Gasteiger charge is 2.17. The molecule has 2 heterocycles. The first-order valence-corrected chi connectivity index (χ1v) is 6.59. The molecule has 0 saturated carbocycles. The van der Waals surface area contributed by atoms with E-state index >= 15 is 0 Å². The Kier molecular flexibility index (Phi) is 3.00. The van der Waals surface area contributed by atoms with Gasteiger partial charge in [-0.15, -0.1) is 11.3 Å². The minimum atomic E-state index is -0.262. The fourth-order valence-corrected chi connectivity index (χ4v) is 2.39. The van der Waals surface area contributed by atoms with Gasteiger partial charge < -0.3 is 19.9 Å². The Morgan fingerprint density at radius 3 is 2.68 bits per heavy atom. The molecule has 0 radical (unpaired) electrons. The van der Waals surface area contributed by atoms with E-state index in [1.165, 1.54) is 17.4 Å². The molecule has 0 saturated heterocycles. The molecule has 98 valence electrons. The van der Waals surface area contributed by atoms with E-state index in [9.17, 15) is 9.90 Å². The fourth-order valence-electron chi connectivity index (χ4n) is 1.77. The quantitative estimate of drug-likeness (QED) is 0.827. The van der Waals surface area contributed by atoms with Gasteiger partial charge in [0.2, 0.25) is 0 Å². The van der Waals surface area contributed by atoms with Gasteiger partial charge in [-0.25, -0.2) is 0 Å². The van der Waals surface area contributed by atoms with Gasteiger partial charge in [0.05, 0.1) is 10.6 Å². The standard InChI is InChI=1S/C13H11NO4S/c15-9-7-11-10(17-3-4-18-11)6-8(9)14-13(16)12-2-1-5-19-12/h1-2,5-7,15H,3-4H2,(H,14,16). The van der Waals surface area contributed by atoms with Crippen molar-refractivity contribution in [1.29, 1.82) is 0 Å². The fraction of sp³-hybridized carbons (Fsp3) is 0.154. The average molecular weight is 277 g/mol. The van der Waals surface area contributed by atoms with Crippen molar-refractivity contribution < 1.29 is 19.4 Å². The van der Waals surface area contributed by atoms with Crippen LogP contribution in [0.1, 0.15) is 9.67 Å². The number of carbonyl (C=O) groups excluding carboxylic acids is 1. The van der Waals surface area contributed by atoms with Gasteiger partial charge in [0.25, 0.3) is 5.91 Å². The molecule has 0 aliphatic carbocycles. The van der Waals surface area contributed by atoms with Crippen molar-refractivity contribution in [2.45, 2.75) is 0 Å². The highest BCUT2D eigenvalue weighted by Crippen LogP contribution is 2.39. The monoisotopic (exact) mass is 277 g/mol. The lowest BCUT2D eigenvalue weighted by Crippen LogP contribution is -2.16. The minimum absolute atomic E-state index is 0.0471. The summed E-state index contributed by atoms with van der Waals surface area (Å²) in [5.41, 5.74) is 0.308. The van der Waals surface area contributed by atoms with Gasteiger partial charge in [0.15, 0.2) is 11.5 Å². The Balaban J connectivity index is 1.87. The normalized spacial score (nSPS) is 13.1. The van der Waals surface area contributed by atoms with E-state index < -0.39 is 0 Å². The number of thiophene rings is 1. The van der Waals surface area contributed by atoms with Gasteiger partial charge in [-0.2, -0.15) is 0 Å². The van der Waals surface area contributed by atoms with E-state index in [1.54, 1.807) is 18.2 Å². The lowest BCUT2D eigenvalue weighted by Gasteiger charge is -2.19. The molecule has 0 unspecified atom stereocenters. The van der Waals surface area contributed by atoms with E-state index in [4.69, 9.17) is 9.47 Å². The van der Waals surface area contributed by atoms with Gasteiger partial charge in [0, 0.05) is 12.1 Å². The third kappa shape index (κ3) is 2.34. The zero-order valence-electron chi connectivity index (χ0n) is 9.88. The molecule has 0 atom stereocenters. The number of benzene rings is 1. The van der Waals surface area contributed by atoms with Crippen LogP contribution in [0.3, 0.4) is 0 Å². The van der Waals surface area contributed by atoms with Gasteiger partial charge in [-0.05, 0) is 11.4 Å². The van der Waals surface area contributed by atoms with Crippen molar-refractivity contribution in [3.05, 3.63) is 34.5 Å². The van der Waals surface area contributed by atoms with E-state index in [1.807, 2.05) is 5.38 Å². The Morgan fingerprint density at radius 1 is 1.26 bits per heavy atom. The lowest BCUT2D eigenvalue weighted by molar-refractivity contribution is 0.103. The van der Waals surface area contributed by atoms with Crippen LogP contribution in [-0.4, -0.2) is 24.2 Å². The Morgan fingerprint density at radius 2 is 2.00 bits per heavy atom. The number of aromatic hydroxyl groups is 1. The van der Waals surface area contributed by atoms with E-state index in [0.29, 0.717) is 35.3 Å². The van der Waals surface area contributed by atoms with Crippen LogP contribution in [0.15, 0.2) is 29.6 Å². The first-order chi connectivity index (χ1) is 9.24. The maximum atomic E-state index is 11.9. The summed E-state index contributed by atoms with van der Waals surface area (Å²) < 4.78 is 10.7. The van der Waals surface area contributed by atoms with Crippen molar-refractivity contribution in [3.63, 3.8) is 0 Å². The molecule has 19 heavy (non-hydrogen) atoms. The van der Waals surface area contributed by atoms with Crippen LogP contribution >= 0.6 is 11.3 Å². The molecule has 1 aromatic heterocycles. The largest absolute Gasteiger partial charge is 0.506 e. The molecule has 0 fully saturated rings. The molecule has 1 amide bonds. The number of fused-ring (bicyclic) bond motifs is 1. The van der Waals surface area contributed by atoms with Crippen molar-refractivity contribution in [2.75, 3.05) is 18.5 Å². The summed E-state index contributed by atoms with van der Waals surface area (Å²) in [5.74, 6) is 0.694. The summed E-state index contributed by atoms with van der Waals surface area (Å²) in [6.07, 6.45) is 0. The molecule has 2 aromatic rings. The van der Waals surface area contributed by atoms with E-state index in [-0.39, 0.29) is 11.7 Å². The number of rotatable bonds is 2. The smallest absolute Gasteiger partial charge is 0.265 e. The maximum Gasteiger partial charge on any atom is 0.265 e. The number of amides is 1. The number of hydrogen-bond acceptors (Lipinski definition) is 5. The van der Waals surface area contributed by atoms with Crippen LogP contribution in [-0.2, 0) is 0 Å². The number of anilines is 1. The predicted octanol–water partition coefficient (Wildman–Crippen LogP) is 2.48. The molecular weight excluding hydrogens is 266 g/mol. The Labute approximate surface area is 113 Å². The minimum Gasteiger partial charge on any atom is -0.506 e. The number of nitrogens with one attached hydrogen (secondary N) is 1. The first-order valence-electron chi connectivity index (χ1n) is 5.71. The van der Waals surface area contributed by atoms with Crippen LogP contribution in [0.25, 0.3) is 0 Å². The van der Waals surface area contributed by atoms with E-state index in [0.717, 1.165) is 0 Å². The van der Waals surface area contributed by atoms with Crippen LogP contribution < -0.4 is 14.8 Å². The lowest BCUT2D eigenvalue weighted by atomic mass is 10.2. The molecule has 1 aliphatic rings. The molecule has 1 aromatic carbocycles. The first kappa shape index (κ1) is 11.9. The SMILES string of the molecule is O=C(Nc1cc2c(cc1O)OCCO2)c1cccs1. The average Bonchev–Trinajstić information content (AvgIpc) is 2.93. The number of phenols is 1. The molecular formula is C13H11NO4S. The molecule has 6 heteroatoms.